The molecule has 4 amide bonds. The van der Waals surface area contributed by atoms with Crippen molar-refractivity contribution in [3.8, 4) is 0 Å². The van der Waals surface area contributed by atoms with Gasteiger partial charge in [-0.05, 0) is 56.2 Å². The number of ether oxygens (including phenoxy) is 1. The summed E-state index contributed by atoms with van der Waals surface area (Å²) in [7, 11) is 0. The summed E-state index contributed by atoms with van der Waals surface area (Å²) in [4.78, 5) is 48.4. The molecular formula is C34H46N6O4. The first kappa shape index (κ1) is 30.4. The van der Waals surface area contributed by atoms with E-state index in [4.69, 9.17) is 4.74 Å². The van der Waals surface area contributed by atoms with Gasteiger partial charge in [0.1, 0.15) is 0 Å². The van der Waals surface area contributed by atoms with E-state index in [0.29, 0.717) is 58.0 Å². The van der Waals surface area contributed by atoms with Crippen LogP contribution in [0.4, 0.5) is 15.3 Å². The molecule has 4 aliphatic rings. The topological polar surface area (TPSA) is 97.5 Å². The number of fused-ring (bicyclic) bond motifs is 1. The lowest BCUT2D eigenvalue weighted by molar-refractivity contribution is -0.142. The quantitative estimate of drug-likeness (QED) is 0.526. The van der Waals surface area contributed by atoms with E-state index in [1.165, 1.54) is 0 Å². The number of nitrogens with zero attached hydrogens (tertiary/aromatic N) is 4. The van der Waals surface area contributed by atoms with Gasteiger partial charge < -0.3 is 30.1 Å². The second-order valence-corrected chi connectivity index (χ2v) is 12.7. The number of nitrogens with one attached hydrogen (secondary N) is 2. The standard InChI is InChI=1S/C34H46N6O4/c1-25-5-4-6-26(23-25)24-31(32(41)38-16-10-28(11-17-38)37-21-14-35-15-22-37)44-34(43)39-18-12-29(13-19-39)40-20-9-27-7-2-3-8-30(27)36-33(40)42/h2-8,23,28-29,31,35H,9-22,24H2,1H3,(H,36,42)/t31-/m1/s1. The largest absolute Gasteiger partial charge is 0.436 e. The van der Waals surface area contributed by atoms with Crippen molar-refractivity contribution in [3.63, 3.8) is 0 Å². The molecule has 0 aromatic heterocycles. The Morgan fingerprint density at radius 3 is 2.32 bits per heavy atom. The van der Waals surface area contributed by atoms with Crippen molar-refractivity contribution in [1.82, 2.24) is 24.9 Å². The number of para-hydroxylation sites is 1. The van der Waals surface area contributed by atoms with E-state index < -0.39 is 12.2 Å². The van der Waals surface area contributed by atoms with Crippen molar-refractivity contribution >= 4 is 23.7 Å². The Morgan fingerprint density at radius 2 is 1.57 bits per heavy atom. The monoisotopic (exact) mass is 602 g/mol. The first-order valence-electron chi connectivity index (χ1n) is 16.3. The minimum absolute atomic E-state index is 0.0510. The summed E-state index contributed by atoms with van der Waals surface area (Å²) in [5, 5.41) is 6.47. The molecule has 0 bridgehead atoms. The third kappa shape index (κ3) is 7.18. The Morgan fingerprint density at radius 1 is 0.864 bits per heavy atom. The number of rotatable bonds is 6. The van der Waals surface area contributed by atoms with Crippen molar-refractivity contribution in [2.75, 3.05) is 64.2 Å². The number of piperazine rings is 1. The predicted molar refractivity (Wildman–Crippen MR) is 170 cm³/mol. The molecule has 0 aliphatic carbocycles. The van der Waals surface area contributed by atoms with Crippen molar-refractivity contribution in [1.29, 1.82) is 0 Å². The number of anilines is 1. The zero-order valence-electron chi connectivity index (χ0n) is 25.9. The summed E-state index contributed by atoms with van der Waals surface area (Å²) >= 11 is 0. The van der Waals surface area contributed by atoms with Crippen molar-refractivity contribution < 1.29 is 19.1 Å². The zero-order chi connectivity index (χ0) is 30.5. The van der Waals surface area contributed by atoms with Gasteiger partial charge in [0.15, 0.2) is 6.10 Å². The summed E-state index contributed by atoms with van der Waals surface area (Å²) in [6.45, 7) is 9.16. The molecule has 2 N–H and O–H groups in total. The van der Waals surface area contributed by atoms with Crippen molar-refractivity contribution in [2.45, 2.75) is 63.6 Å². The van der Waals surface area contributed by atoms with E-state index in [9.17, 15) is 14.4 Å². The van der Waals surface area contributed by atoms with Crippen LogP contribution in [0, 0.1) is 6.92 Å². The van der Waals surface area contributed by atoms with Crippen LogP contribution in [0.1, 0.15) is 42.4 Å². The van der Waals surface area contributed by atoms with E-state index in [-0.39, 0.29) is 18.0 Å². The van der Waals surface area contributed by atoms with Gasteiger partial charge in [0, 0.05) is 83.1 Å². The molecule has 10 nitrogen and oxygen atoms in total. The van der Waals surface area contributed by atoms with Gasteiger partial charge in [-0.3, -0.25) is 9.69 Å². The number of amides is 4. The molecule has 6 rings (SSSR count). The minimum atomic E-state index is -0.868. The van der Waals surface area contributed by atoms with Crippen LogP contribution in [-0.4, -0.2) is 115 Å². The van der Waals surface area contributed by atoms with E-state index in [1.807, 2.05) is 53.1 Å². The first-order chi connectivity index (χ1) is 21.4. The van der Waals surface area contributed by atoms with Crippen molar-refractivity contribution in [2.24, 2.45) is 0 Å². The molecule has 3 fully saturated rings. The lowest BCUT2D eigenvalue weighted by Crippen LogP contribution is -2.54. The maximum absolute atomic E-state index is 13.9. The van der Waals surface area contributed by atoms with Gasteiger partial charge in [0.05, 0.1) is 0 Å². The highest BCUT2D eigenvalue weighted by Crippen LogP contribution is 2.26. The molecule has 10 heteroatoms. The van der Waals surface area contributed by atoms with E-state index >= 15 is 0 Å². The third-order valence-electron chi connectivity index (χ3n) is 9.77. The summed E-state index contributed by atoms with van der Waals surface area (Å²) in [6, 6.07) is 16.5. The molecule has 0 radical (unpaired) electrons. The fourth-order valence-electron chi connectivity index (χ4n) is 7.23. The molecular weight excluding hydrogens is 556 g/mol. The maximum atomic E-state index is 13.9. The molecule has 0 spiro atoms. The Bertz CT molecular complexity index is 1310. The van der Waals surface area contributed by atoms with Gasteiger partial charge in [-0.25, -0.2) is 9.59 Å². The van der Waals surface area contributed by atoms with Crippen LogP contribution in [0.2, 0.25) is 0 Å². The van der Waals surface area contributed by atoms with Gasteiger partial charge >= 0.3 is 12.1 Å². The fourth-order valence-corrected chi connectivity index (χ4v) is 7.23. The Hall–Kier alpha value is -3.63. The van der Waals surface area contributed by atoms with Crippen LogP contribution in [0.25, 0.3) is 0 Å². The number of carbonyl (C=O) groups excluding carboxylic acids is 3. The van der Waals surface area contributed by atoms with Gasteiger partial charge in [-0.1, -0.05) is 48.0 Å². The van der Waals surface area contributed by atoms with E-state index in [2.05, 4.69) is 27.7 Å². The van der Waals surface area contributed by atoms with Gasteiger partial charge in [-0.15, -0.1) is 0 Å². The van der Waals surface area contributed by atoms with Gasteiger partial charge in [0.2, 0.25) is 0 Å². The highest BCUT2D eigenvalue weighted by molar-refractivity contribution is 5.91. The SMILES string of the molecule is Cc1cccc(C[C@@H](OC(=O)N2CCC(N3CCc4ccccc4NC3=O)CC2)C(=O)N2CCC(N3CCNCC3)CC2)c1. The molecule has 2 aromatic carbocycles. The molecule has 236 valence electrons. The number of aryl methyl sites for hydroxylation is 1. The average molecular weight is 603 g/mol. The second-order valence-electron chi connectivity index (χ2n) is 12.7. The molecule has 0 saturated carbocycles. The second kappa shape index (κ2) is 14.0. The fraction of sp³-hybridized carbons (Fsp3) is 0.559. The number of benzene rings is 2. The number of hydrogen-bond acceptors (Lipinski definition) is 6. The third-order valence-corrected chi connectivity index (χ3v) is 9.77. The minimum Gasteiger partial charge on any atom is -0.436 e. The smallest absolute Gasteiger partial charge is 0.410 e. The number of urea groups is 1. The van der Waals surface area contributed by atoms with E-state index in [1.54, 1.807) is 4.90 Å². The molecule has 1 atom stereocenters. The van der Waals surface area contributed by atoms with E-state index in [0.717, 1.165) is 67.8 Å². The van der Waals surface area contributed by atoms with Crippen LogP contribution in [0.3, 0.4) is 0 Å². The highest BCUT2D eigenvalue weighted by atomic mass is 16.6. The Kier molecular flexibility index (Phi) is 9.66. The lowest BCUT2D eigenvalue weighted by atomic mass is 10.00. The summed E-state index contributed by atoms with van der Waals surface area (Å²) in [6.07, 6.45) is 3.08. The summed E-state index contributed by atoms with van der Waals surface area (Å²) in [5.74, 6) is -0.102. The Labute approximate surface area is 260 Å². The summed E-state index contributed by atoms with van der Waals surface area (Å²) < 4.78 is 6.04. The van der Waals surface area contributed by atoms with Crippen LogP contribution >= 0.6 is 0 Å². The average Bonchev–Trinajstić information content (AvgIpc) is 3.22. The normalized spacial score (nSPS) is 21.3. The first-order valence-corrected chi connectivity index (χ1v) is 16.3. The Balaban J connectivity index is 1.06. The zero-order valence-corrected chi connectivity index (χ0v) is 25.9. The maximum Gasteiger partial charge on any atom is 0.410 e. The molecule has 4 heterocycles. The summed E-state index contributed by atoms with van der Waals surface area (Å²) in [5.41, 5.74) is 4.11. The lowest BCUT2D eigenvalue weighted by Gasteiger charge is -2.41. The van der Waals surface area contributed by atoms with Crippen LogP contribution < -0.4 is 10.6 Å². The molecule has 4 aliphatic heterocycles. The van der Waals surface area contributed by atoms with Gasteiger partial charge in [0.25, 0.3) is 5.91 Å². The van der Waals surface area contributed by atoms with Crippen LogP contribution in [0.5, 0.6) is 0 Å². The number of piperidine rings is 2. The number of carbonyl (C=O) groups is 3. The number of likely N-dealkylation sites (tertiary alicyclic amines) is 2. The van der Waals surface area contributed by atoms with Gasteiger partial charge in [-0.2, -0.15) is 0 Å². The number of hydrogen-bond donors (Lipinski definition) is 2. The highest BCUT2D eigenvalue weighted by Gasteiger charge is 2.36. The molecule has 3 saturated heterocycles. The van der Waals surface area contributed by atoms with Crippen LogP contribution in [0.15, 0.2) is 48.5 Å². The molecule has 44 heavy (non-hydrogen) atoms. The predicted octanol–water partition coefficient (Wildman–Crippen LogP) is 3.49. The van der Waals surface area contributed by atoms with Crippen LogP contribution in [-0.2, 0) is 22.4 Å². The molecule has 0 unspecified atom stereocenters. The van der Waals surface area contributed by atoms with Crippen molar-refractivity contribution in [3.05, 3.63) is 65.2 Å². The molecule has 2 aromatic rings.